The van der Waals surface area contributed by atoms with Crippen LogP contribution in [0.25, 0.3) is 0 Å². The SMILES string of the molecule is CCSCCC=CNC. The summed E-state index contributed by atoms with van der Waals surface area (Å²) >= 11 is 1.98. The highest BCUT2D eigenvalue weighted by Crippen LogP contribution is 2.00. The van der Waals surface area contributed by atoms with E-state index in [1.54, 1.807) is 0 Å². The lowest BCUT2D eigenvalue weighted by atomic mass is 10.5. The van der Waals surface area contributed by atoms with Gasteiger partial charge in [0.2, 0.25) is 0 Å². The van der Waals surface area contributed by atoms with Crippen molar-refractivity contribution in [2.75, 3.05) is 18.6 Å². The molecular formula is C7H15NS. The van der Waals surface area contributed by atoms with Gasteiger partial charge in [0.25, 0.3) is 0 Å². The van der Waals surface area contributed by atoms with Gasteiger partial charge in [-0.2, -0.15) is 11.8 Å². The predicted octanol–water partition coefficient (Wildman–Crippen LogP) is 1.86. The van der Waals surface area contributed by atoms with Crippen molar-refractivity contribution in [2.24, 2.45) is 0 Å². The lowest BCUT2D eigenvalue weighted by Gasteiger charge is -1.91. The van der Waals surface area contributed by atoms with E-state index >= 15 is 0 Å². The first-order chi connectivity index (χ1) is 4.41. The van der Waals surface area contributed by atoms with Crippen molar-refractivity contribution in [1.29, 1.82) is 0 Å². The molecule has 0 radical (unpaired) electrons. The number of nitrogens with one attached hydrogen (secondary N) is 1. The normalized spacial score (nSPS) is 10.4. The van der Waals surface area contributed by atoms with Crippen LogP contribution < -0.4 is 5.32 Å². The van der Waals surface area contributed by atoms with Crippen molar-refractivity contribution in [3.05, 3.63) is 12.3 Å². The molecule has 2 heteroatoms. The Bertz CT molecular complexity index is 71.3. The second-order valence-corrected chi connectivity index (χ2v) is 3.07. The van der Waals surface area contributed by atoms with Crippen LogP contribution >= 0.6 is 11.8 Å². The fourth-order valence-corrected chi connectivity index (χ4v) is 1.09. The molecule has 0 atom stereocenters. The smallest absolute Gasteiger partial charge is 0.00276 e. The third kappa shape index (κ3) is 7.89. The van der Waals surface area contributed by atoms with E-state index in [0.717, 1.165) is 0 Å². The third-order valence-corrected chi connectivity index (χ3v) is 1.85. The number of allylic oxidation sites excluding steroid dienone is 1. The molecule has 1 N–H and O–H groups in total. The molecule has 0 rings (SSSR count). The number of hydrogen-bond acceptors (Lipinski definition) is 2. The number of rotatable bonds is 5. The van der Waals surface area contributed by atoms with Crippen molar-refractivity contribution in [3.63, 3.8) is 0 Å². The van der Waals surface area contributed by atoms with Crippen LogP contribution in [0.5, 0.6) is 0 Å². The molecule has 0 heterocycles. The molecule has 0 spiro atoms. The van der Waals surface area contributed by atoms with Gasteiger partial charge in [0.05, 0.1) is 0 Å². The lowest BCUT2D eigenvalue weighted by Crippen LogP contribution is -1.90. The zero-order valence-electron chi connectivity index (χ0n) is 6.18. The molecule has 0 saturated carbocycles. The number of thioether (sulfide) groups is 1. The van der Waals surface area contributed by atoms with Crippen LogP contribution in [-0.4, -0.2) is 18.6 Å². The first-order valence-electron chi connectivity index (χ1n) is 3.31. The molecule has 0 aromatic heterocycles. The molecule has 0 aliphatic heterocycles. The third-order valence-electron chi connectivity index (χ3n) is 0.917. The molecule has 0 unspecified atom stereocenters. The fourth-order valence-electron chi connectivity index (χ4n) is 0.497. The van der Waals surface area contributed by atoms with Gasteiger partial charge in [-0.25, -0.2) is 0 Å². The second-order valence-electron chi connectivity index (χ2n) is 1.68. The highest BCUT2D eigenvalue weighted by Gasteiger charge is 1.79. The van der Waals surface area contributed by atoms with Crippen molar-refractivity contribution in [2.45, 2.75) is 13.3 Å². The largest absolute Gasteiger partial charge is 0.394 e. The maximum atomic E-state index is 2.95. The molecule has 9 heavy (non-hydrogen) atoms. The maximum absolute atomic E-state index is 2.95. The Morgan fingerprint density at radius 2 is 2.33 bits per heavy atom. The molecule has 54 valence electrons. The highest BCUT2D eigenvalue weighted by atomic mass is 32.2. The summed E-state index contributed by atoms with van der Waals surface area (Å²) in [7, 11) is 1.92. The molecule has 0 aliphatic carbocycles. The van der Waals surface area contributed by atoms with Gasteiger partial charge in [-0.3, -0.25) is 0 Å². The van der Waals surface area contributed by atoms with Crippen molar-refractivity contribution >= 4 is 11.8 Å². The molecule has 0 bridgehead atoms. The van der Waals surface area contributed by atoms with Gasteiger partial charge in [0.1, 0.15) is 0 Å². The average Bonchev–Trinajstić information content (AvgIpc) is 1.89. The Morgan fingerprint density at radius 1 is 1.56 bits per heavy atom. The van der Waals surface area contributed by atoms with Crippen LogP contribution in [0.4, 0.5) is 0 Å². The quantitative estimate of drug-likeness (QED) is 0.593. The molecular weight excluding hydrogens is 130 g/mol. The lowest BCUT2D eigenvalue weighted by molar-refractivity contribution is 1.08. The Balaban J connectivity index is 2.82. The van der Waals surface area contributed by atoms with E-state index in [9.17, 15) is 0 Å². The van der Waals surface area contributed by atoms with E-state index in [1.165, 1.54) is 17.9 Å². The van der Waals surface area contributed by atoms with Gasteiger partial charge in [-0.15, -0.1) is 0 Å². The van der Waals surface area contributed by atoms with Gasteiger partial charge in [0, 0.05) is 7.05 Å². The van der Waals surface area contributed by atoms with Crippen LogP contribution in [0.15, 0.2) is 12.3 Å². The van der Waals surface area contributed by atoms with Crippen molar-refractivity contribution in [3.8, 4) is 0 Å². The second kappa shape index (κ2) is 7.89. The summed E-state index contributed by atoms with van der Waals surface area (Å²) in [6.07, 6.45) is 5.32. The standard InChI is InChI=1S/C7H15NS/c1-3-9-7-5-4-6-8-2/h4,6,8H,3,5,7H2,1-2H3. The molecule has 0 aromatic rings. The van der Waals surface area contributed by atoms with E-state index in [-0.39, 0.29) is 0 Å². The Morgan fingerprint density at radius 3 is 2.89 bits per heavy atom. The van der Waals surface area contributed by atoms with Crippen molar-refractivity contribution < 1.29 is 0 Å². The van der Waals surface area contributed by atoms with E-state index in [4.69, 9.17) is 0 Å². The zero-order valence-corrected chi connectivity index (χ0v) is 7.00. The van der Waals surface area contributed by atoms with Crippen LogP contribution in [0, 0.1) is 0 Å². The van der Waals surface area contributed by atoms with Gasteiger partial charge in [-0.05, 0) is 24.1 Å². The summed E-state index contributed by atoms with van der Waals surface area (Å²) in [6.45, 7) is 2.19. The van der Waals surface area contributed by atoms with E-state index < -0.39 is 0 Å². The van der Waals surface area contributed by atoms with E-state index in [2.05, 4.69) is 18.3 Å². The molecule has 0 fully saturated rings. The fraction of sp³-hybridized carbons (Fsp3) is 0.714. The monoisotopic (exact) mass is 145 g/mol. The summed E-state index contributed by atoms with van der Waals surface area (Å²) in [6, 6.07) is 0. The van der Waals surface area contributed by atoms with Crippen LogP contribution in [0.2, 0.25) is 0 Å². The molecule has 0 amide bonds. The molecule has 0 saturated heterocycles. The van der Waals surface area contributed by atoms with Gasteiger partial charge in [0.15, 0.2) is 0 Å². The van der Waals surface area contributed by atoms with Crippen LogP contribution in [0.1, 0.15) is 13.3 Å². The number of hydrogen-bond donors (Lipinski definition) is 1. The summed E-state index contributed by atoms with van der Waals surface area (Å²) in [4.78, 5) is 0. The predicted molar refractivity (Wildman–Crippen MR) is 45.8 cm³/mol. The van der Waals surface area contributed by atoms with Gasteiger partial charge >= 0.3 is 0 Å². The summed E-state index contributed by atoms with van der Waals surface area (Å²) in [5.41, 5.74) is 0. The zero-order chi connectivity index (χ0) is 6.95. The van der Waals surface area contributed by atoms with E-state index in [0.29, 0.717) is 0 Å². The van der Waals surface area contributed by atoms with E-state index in [1.807, 2.05) is 25.0 Å². The first-order valence-corrected chi connectivity index (χ1v) is 4.47. The topological polar surface area (TPSA) is 12.0 Å². The average molecular weight is 145 g/mol. The molecule has 0 aliphatic rings. The highest BCUT2D eigenvalue weighted by molar-refractivity contribution is 7.99. The maximum Gasteiger partial charge on any atom is 0.00276 e. The Kier molecular flexibility index (Phi) is 7.79. The first kappa shape index (κ1) is 8.89. The van der Waals surface area contributed by atoms with Crippen LogP contribution in [-0.2, 0) is 0 Å². The van der Waals surface area contributed by atoms with Gasteiger partial charge in [-0.1, -0.05) is 13.0 Å². The van der Waals surface area contributed by atoms with Crippen molar-refractivity contribution in [1.82, 2.24) is 5.32 Å². The van der Waals surface area contributed by atoms with Gasteiger partial charge < -0.3 is 5.32 Å². The minimum absolute atomic E-state index is 1.18. The summed E-state index contributed by atoms with van der Waals surface area (Å²) in [5.74, 6) is 2.47. The Labute approximate surface area is 61.9 Å². The summed E-state index contributed by atoms with van der Waals surface area (Å²) in [5, 5.41) is 2.95. The summed E-state index contributed by atoms with van der Waals surface area (Å²) < 4.78 is 0. The molecule has 0 aromatic carbocycles. The minimum atomic E-state index is 1.18. The molecule has 1 nitrogen and oxygen atoms in total. The Hall–Kier alpha value is -0.110. The minimum Gasteiger partial charge on any atom is -0.394 e. The van der Waals surface area contributed by atoms with Crippen LogP contribution in [0.3, 0.4) is 0 Å².